The molecule has 1 aliphatic carbocycles. The average molecular weight is 567 g/mol. The van der Waals surface area contributed by atoms with E-state index in [0.29, 0.717) is 12.8 Å². The minimum absolute atomic E-state index is 0.00107. The summed E-state index contributed by atoms with van der Waals surface area (Å²) in [7, 11) is 1.95. The molecule has 0 unspecified atom stereocenters. The van der Waals surface area contributed by atoms with Crippen LogP contribution in [0.15, 0.2) is 24.3 Å². The zero-order valence-electron chi connectivity index (χ0n) is 19.3. The predicted octanol–water partition coefficient (Wildman–Crippen LogP) is 5.60. The summed E-state index contributed by atoms with van der Waals surface area (Å²) in [5.74, 6) is -6.58. The van der Waals surface area contributed by atoms with Gasteiger partial charge in [0.1, 0.15) is 11.1 Å². The molecule has 16 heteroatoms. The molecule has 0 spiro atoms. The lowest BCUT2D eigenvalue weighted by Crippen LogP contribution is -2.36. The van der Waals surface area contributed by atoms with E-state index >= 15 is 0 Å². The van der Waals surface area contributed by atoms with Crippen LogP contribution in [-0.4, -0.2) is 37.2 Å². The van der Waals surface area contributed by atoms with Gasteiger partial charge in [0, 0.05) is 19.7 Å². The van der Waals surface area contributed by atoms with E-state index in [0.717, 1.165) is 24.8 Å². The lowest BCUT2D eigenvalue weighted by atomic mass is 10.0. The normalized spacial score (nSPS) is 15.3. The molecule has 0 atom stereocenters. The number of carbonyl (C=O) groups excluding carboxylic acids is 1. The summed E-state index contributed by atoms with van der Waals surface area (Å²) in [5.41, 5.74) is -7.27. The number of nitrogens with zero attached hydrogens (tertiary/aromatic N) is 5. The second-order valence-electron chi connectivity index (χ2n) is 8.65. The van der Waals surface area contributed by atoms with Crippen molar-refractivity contribution in [2.24, 2.45) is 14.1 Å². The molecule has 0 bridgehead atoms. The Hall–Kier alpha value is -3.67. The van der Waals surface area contributed by atoms with Crippen LogP contribution in [0.5, 0.6) is 0 Å². The molecule has 3 aromatic rings. The summed E-state index contributed by atoms with van der Waals surface area (Å²) < 4.78 is 110. The van der Waals surface area contributed by atoms with Crippen molar-refractivity contribution in [3.05, 3.63) is 46.1 Å². The fourth-order valence-corrected chi connectivity index (χ4v) is 4.01. The van der Waals surface area contributed by atoms with Crippen LogP contribution in [-0.2, 0) is 26.2 Å². The Morgan fingerprint density at radius 2 is 1.68 bits per heavy atom. The number of aromatic nitrogens is 4. The SMILES string of the molecule is Cn1nc(-c2ccc(Cl)c(C(=O)NC3(C#N)CC3)c2)cc1-c1c(C(F)(F)F)c(C(F)(F)C(F)(F)F)nn1C. The number of benzene rings is 1. The van der Waals surface area contributed by atoms with Crippen molar-refractivity contribution in [1.29, 1.82) is 5.26 Å². The van der Waals surface area contributed by atoms with Crippen molar-refractivity contribution in [3.8, 4) is 28.7 Å². The zero-order valence-corrected chi connectivity index (χ0v) is 20.0. The van der Waals surface area contributed by atoms with Crippen LogP contribution in [0.2, 0.25) is 5.02 Å². The first-order valence-corrected chi connectivity index (χ1v) is 11.0. The Balaban J connectivity index is 1.82. The molecule has 1 amide bonds. The summed E-state index contributed by atoms with van der Waals surface area (Å²) in [6, 6.07) is 6.93. The van der Waals surface area contributed by atoms with E-state index in [-0.39, 0.29) is 26.5 Å². The average Bonchev–Trinajstić information content (AvgIpc) is 3.32. The van der Waals surface area contributed by atoms with Crippen molar-refractivity contribution < 1.29 is 39.9 Å². The highest BCUT2D eigenvalue weighted by atomic mass is 35.5. The van der Waals surface area contributed by atoms with Crippen molar-refractivity contribution >= 4 is 17.5 Å². The van der Waals surface area contributed by atoms with Crippen LogP contribution in [0.1, 0.15) is 34.5 Å². The van der Waals surface area contributed by atoms with Gasteiger partial charge >= 0.3 is 18.3 Å². The van der Waals surface area contributed by atoms with Gasteiger partial charge in [0.2, 0.25) is 0 Å². The summed E-state index contributed by atoms with van der Waals surface area (Å²) >= 11 is 6.11. The first-order valence-electron chi connectivity index (χ1n) is 10.6. The summed E-state index contributed by atoms with van der Waals surface area (Å²) in [5, 5.41) is 18.7. The molecule has 1 fully saturated rings. The van der Waals surface area contributed by atoms with Crippen LogP contribution < -0.4 is 5.32 Å². The van der Waals surface area contributed by atoms with E-state index in [2.05, 4.69) is 15.5 Å². The second kappa shape index (κ2) is 8.69. The van der Waals surface area contributed by atoms with Crippen molar-refractivity contribution in [2.45, 2.75) is 36.7 Å². The summed E-state index contributed by atoms with van der Waals surface area (Å²) in [4.78, 5) is 12.7. The number of carbonyl (C=O) groups is 1. The van der Waals surface area contributed by atoms with Crippen LogP contribution in [0.25, 0.3) is 22.6 Å². The van der Waals surface area contributed by atoms with Gasteiger partial charge in [-0.1, -0.05) is 17.7 Å². The number of rotatable bonds is 5. The monoisotopic (exact) mass is 566 g/mol. The van der Waals surface area contributed by atoms with E-state index < -0.39 is 52.4 Å². The van der Waals surface area contributed by atoms with Crippen molar-refractivity contribution in [3.63, 3.8) is 0 Å². The molecule has 1 aromatic carbocycles. The number of nitriles is 1. The Bertz CT molecular complexity index is 1480. The van der Waals surface area contributed by atoms with Gasteiger partial charge in [-0.05, 0) is 31.0 Å². The maximum atomic E-state index is 14.0. The Morgan fingerprint density at radius 3 is 2.21 bits per heavy atom. The molecule has 0 saturated heterocycles. The smallest absolute Gasteiger partial charge is 0.334 e. The largest absolute Gasteiger partial charge is 0.459 e. The first kappa shape index (κ1) is 27.4. The number of hydrogen-bond acceptors (Lipinski definition) is 4. The molecular weight excluding hydrogens is 552 g/mol. The van der Waals surface area contributed by atoms with Gasteiger partial charge in [-0.2, -0.15) is 50.6 Å². The lowest BCUT2D eigenvalue weighted by Gasteiger charge is -2.19. The molecule has 4 rings (SSSR count). The Labute approximate surface area is 213 Å². The summed E-state index contributed by atoms with van der Waals surface area (Å²) in [6.07, 6.45) is -11.1. The second-order valence-corrected chi connectivity index (χ2v) is 9.05. The van der Waals surface area contributed by atoms with Gasteiger partial charge in [0.15, 0.2) is 5.69 Å². The van der Waals surface area contributed by atoms with E-state index in [1.54, 1.807) is 0 Å². The molecular formula is C22H15ClF8N6O. The van der Waals surface area contributed by atoms with Gasteiger partial charge < -0.3 is 5.32 Å². The third-order valence-corrected chi connectivity index (χ3v) is 6.26. The van der Waals surface area contributed by atoms with Crippen LogP contribution in [0.3, 0.4) is 0 Å². The standard InChI is InChI=1S/C22H15ClF8N6O/c1-36-14(16-15(21(26,27)28)17(35-37(16)2)20(24,25)22(29,30)31)8-13(34-36)10-3-4-12(23)11(7-10)18(38)33-19(9-32)5-6-19/h3-4,7-8H,5-6H2,1-2H3,(H,33,38). The topological polar surface area (TPSA) is 88.5 Å². The number of halogens is 9. The molecule has 7 nitrogen and oxygen atoms in total. The number of amides is 1. The highest BCUT2D eigenvalue weighted by Crippen LogP contribution is 2.50. The number of hydrogen-bond donors (Lipinski definition) is 1. The van der Waals surface area contributed by atoms with Crippen LogP contribution in [0, 0.1) is 11.3 Å². The lowest BCUT2D eigenvalue weighted by molar-refractivity contribution is -0.292. The van der Waals surface area contributed by atoms with E-state index in [1.807, 2.05) is 6.07 Å². The minimum atomic E-state index is -6.33. The van der Waals surface area contributed by atoms with Gasteiger partial charge in [0.05, 0.1) is 33.7 Å². The zero-order chi connectivity index (χ0) is 28.4. The Kier molecular flexibility index (Phi) is 6.26. The molecule has 0 aliphatic heterocycles. The van der Waals surface area contributed by atoms with Crippen molar-refractivity contribution in [2.75, 3.05) is 0 Å². The molecule has 1 aliphatic rings. The van der Waals surface area contributed by atoms with Crippen LogP contribution >= 0.6 is 11.6 Å². The summed E-state index contributed by atoms with van der Waals surface area (Å²) in [6.45, 7) is 0. The number of aryl methyl sites for hydroxylation is 2. The number of alkyl halides is 8. The highest BCUT2D eigenvalue weighted by molar-refractivity contribution is 6.34. The molecule has 202 valence electrons. The van der Waals surface area contributed by atoms with Crippen molar-refractivity contribution in [1.82, 2.24) is 24.9 Å². The fourth-order valence-electron chi connectivity index (χ4n) is 3.80. The molecule has 2 aromatic heterocycles. The van der Waals surface area contributed by atoms with Gasteiger partial charge in [-0.15, -0.1) is 0 Å². The van der Waals surface area contributed by atoms with E-state index in [1.165, 1.54) is 18.2 Å². The quantitative estimate of drug-likeness (QED) is 0.407. The molecule has 1 N–H and O–H groups in total. The first-order chi connectivity index (χ1) is 17.4. The predicted molar refractivity (Wildman–Crippen MR) is 116 cm³/mol. The number of nitrogens with one attached hydrogen (secondary N) is 1. The molecule has 2 heterocycles. The van der Waals surface area contributed by atoms with E-state index in [4.69, 9.17) is 11.6 Å². The van der Waals surface area contributed by atoms with Gasteiger partial charge in [0.25, 0.3) is 5.91 Å². The maximum absolute atomic E-state index is 14.0. The maximum Gasteiger partial charge on any atom is 0.459 e. The highest BCUT2D eigenvalue weighted by Gasteiger charge is 2.64. The van der Waals surface area contributed by atoms with E-state index in [9.17, 15) is 45.2 Å². The van der Waals surface area contributed by atoms with Gasteiger partial charge in [-0.25, -0.2) is 0 Å². The molecule has 38 heavy (non-hydrogen) atoms. The van der Waals surface area contributed by atoms with Gasteiger partial charge in [-0.3, -0.25) is 14.2 Å². The minimum Gasteiger partial charge on any atom is -0.334 e. The van der Waals surface area contributed by atoms with Crippen LogP contribution in [0.4, 0.5) is 35.1 Å². The molecule has 0 radical (unpaired) electrons. The fraction of sp³-hybridized carbons (Fsp3) is 0.364. The Morgan fingerprint density at radius 1 is 1.05 bits per heavy atom. The third-order valence-electron chi connectivity index (χ3n) is 5.93. The molecule has 1 saturated carbocycles. The third kappa shape index (κ3) is 4.57.